The Hall–Kier alpha value is -3.14. The molecular formula is C27H27F4N3O3. The van der Waals surface area contributed by atoms with Crippen LogP contribution in [0.3, 0.4) is 0 Å². The van der Waals surface area contributed by atoms with Crippen molar-refractivity contribution in [1.29, 1.82) is 0 Å². The highest BCUT2D eigenvalue weighted by atomic mass is 19.4. The van der Waals surface area contributed by atoms with Crippen LogP contribution in [0, 0.1) is 11.2 Å². The molecule has 6 rings (SSSR count). The topological polar surface area (TPSA) is 67.5 Å². The van der Waals surface area contributed by atoms with Crippen molar-refractivity contribution in [2.45, 2.75) is 50.8 Å². The van der Waals surface area contributed by atoms with Crippen LogP contribution >= 0.6 is 0 Å². The number of H-pyrrole nitrogens is 1. The summed E-state index contributed by atoms with van der Waals surface area (Å²) in [5.41, 5.74) is 4.10. The molecule has 2 aliphatic heterocycles. The molecule has 1 spiro atoms. The predicted octanol–water partition coefficient (Wildman–Crippen LogP) is 5.52. The van der Waals surface area contributed by atoms with E-state index < -0.39 is 6.36 Å². The number of hydrogen-bond acceptors (Lipinski definition) is 4. The van der Waals surface area contributed by atoms with Crippen molar-refractivity contribution in [2.75, 3.05) is 26.3 Å². The Morgan fingerprint density at radius 2 is 1.92 bits per heavy atom. The third-order valence-corrected chi connectivity index (χ3v) is 8.17. The number of aromatic amines is 1. The van der Waals surface area contributed by atoms with Crippen LogP contribution in [0.1, 0.15) is 58.8 Å². The molecule has 2 aromatic heterocycles. The molecule has 10 heteroatoms. The second-order valence-corrected chi connectivity index (χ2v) is 10.4. The first-order chi connectivity index (χ1) is 17.7. The highest BCUT2D eigenvalue weighted by Crippen LogP contribution is 2.46. The van der Waals surface area contributed by atoms with Crippen molar-refractivity contribution in [3.8, 4) is 5.75 Å². The summed E-state index contributed by atoms with van der Waals surface area (Å²) in [6.07, 6.45) is 1.50. The van der Waals surface area contributed by atoms with Crippen LogP contribution in [0.4, 0.5) is 17.6 Å². The first-order valence-corrected chi connectivity index (χ1v) is 12.6. The number of ether oxygens (including phenoxy) is 2. The SMILES string of the molecule is O=C(c1ccc(OC(F)(F)F)cc1)N1CCC(c2c(F)cnc3[nH]c4c(c23)C[C@]2(CCOC2)CC4)CC1. The molecule has 0 bridgehead atoms. The van der Waals surface area contributed by atoms with E-state index >= 15 is 4.39 Å². The number of rotatable bonds is 3. The molecule has 1 aliphatic carbocycles. The normalized spacial score (nSPS) is 22.5. The molecule has 2 fully saturated rings. The number of halogens is 4. The lowest BCUT2D eigenvalue weighted by molar-refractivity contribution is -0.274. The number of carbonyl (C=O) groups excluding carboxylic acids is 1. The van der Waals surface area contributed by atoms with Gasteiger partial charge in [0.1, 0.15) is 17.2 Å². The molecular weight excluding hydrogens is 490 g/mol. The maximum absolute atomic E-state index is 15.3. The minimum Gasteiger partial charge on any atom is -0.406 e. The van der Waals surface area contributed by atoms with E-state index in [-0.39, 0.29) is 34.4 Å². The molecule has 1 atom stereocenters. The number of hydrogen-bond donors (Lipinski definition) is 1. The largest absolute Gasteiger partial charge is 0.573 e. The molecule has 1 amide bonds. The van der Waals surface area contributed by atoms with Gasteiger partial charge in [-0.05, 0) is 74.3 Å². The van der Waals surface area contributed by atoms with Crippen LogP contribution in [0.15, 0.2) is 30.5 Å². The Morgan fingerprint density at radius 1 is 1.16 bits per heavy atom. The first-order valence-electron chi connectivity index (χ1n) is 12.6. The number of alkyl halides is 3. The van der Waals surface area contributed by atoms with Gasteiger partial charge in [0, 0.05) is 47.3 Å². The van der Waals surface area contributed by atoms with Gasteiger partial charge in [-0.1, -0.05) is 0 Å². The molecule has 3 aliphatic rings. The lowest BCUT2D eigenvalue weighted by Gasteiger charge is -2.34. The Labute approximate surface area is 211 Å². The van der Waals surface area contributed by atoms with Crippen molar-refractivity contribution in [2.24, 2.45) is 5.41 Å². The minimum absolute atomic E-state index is 0.0604. The van der Waals surface area contributed by atoms with Crippen molar-refractivity contribution in [1.82, 2.24) is 14.9 Å². The maximum atomic E-state index is 15.3. The molecule has 4 heterocycles. The second kappa shape index (κ2) is 9.01. The summed E-state index contributed by atoms with van der Waals surface area (Å²) in [5, 5.41) is 0.894. The average Bonchev–Trinajstić information content (AvgIpc) is 3.48. The van der Waals surface area contributed by atoms with E-state index in [9.17, 15) is 18.0 Å². The van der Waals surface area contributed by atoms with Crippen molar-refractivity contribution in [3.63, 3.8) is 0 Å². The monoisotopic (exact) mass is 517 g/mol. The van der Waals surface area contributed by atoms with Gasteiger partial charge in [-0.3, -0.25) is 4.79 Å². The molecule has 2 saturated heterocycles. The van der Waals surface area contributed by atoms with Crippen LogP contribution in [-0.2, 0) is 17.6 Å². The first kappa shape index (κ1) is 24.2. The minimum atomic E-state index is -4.79. The highest BCUT2D eigenvalue weighted by Gasteiger charge is 2.40. The highest BCUT2D eigenvalue weighted by molar-refractivity contribution is 5.94. The number of likely N-dealkylation sites (tertiary alicyclic amines) is 1. The van der Waals surface area contributed by atoms with Gasteiger partial charge in [0.25, 0.3) is 5.91 Å². The van der Waals surface area contributed by atoms with Gasteiger partial charge in [-0.25, -0.2) is 9.37 Å². The van der Waals surface area contributed by atoms with Crippen LogP contribution in [0.25, 0.3) is 11.0 Å². The number of aryl methyl sites for hydroxylation is 1. The molecule has 37 heavy (non-hydrogen) atoms. The van der Waals surface area contributed by atoms with E-state index in [1.807, 2.05) is 0 Å². The molecule has 3 aromatic rings. The van der Waals surface area contributed by atoms with Gasteiger partial charge >= 0.3 is 6.36 Å². The number of amides is 1. The fourth-order valence-electron chi connectivity index (χ4n) is 6.27. The zero-order valence-electron chi connectivity index (χ0n) is 20.2. The van der Waals surface area contributed by atoms with E-state index in [1.54, 1.807) is 4.90 Å². The van der Waals surface area contributed by atoms with E-state index in [1.165, 1.54) is 18.3 Å². The van der Waals surface area contributed by atoms with E-state index in [0.29, 0.717) is 31.5 Å². The zero-order chi connectivity index (χ0) is 25.8. The van der Waals surface area contributed by atoms with Crippen molar-refractivity contribution >= 4 is 16.9 Å². The number of nitrogens with one attached hydrogen (secondary N) is 1. The van der Waals surface area contributed by atoms with Crippen LogP contribution in [0.5, 0.6) is 5.75 Å². The number of piperidine rings is 1. The number of fused-ring (bicyclic) bond motifs is 3. The number of benzene rings is 1. The summed E-state index contributed by atoms with van der Waals surface area (Å²) < 4.78 is 62.1. The molecule has 1 N–H and O–H groups in total. The molecule has 0 unspecified atom stereocenters. The zero-order valence-corrected chi connectivity index (χ0v) is 20.2. The summed E-state index contributed by atoms with van der Waals surface area (Å²) in [4.78, 5) is 22.4. The number of carbonyl (C=O) groups is 1. The van der Waals surface area contributed by atoms with Crippen LogP contribution in [-0.4, -0.2) is 53.4 Å². The molecule has 0 saturated carbocycles. The van der Waals surface area contributed by atoms with Gasteiger partial charge < -0.3 is 19.4 Å². The smallest absolute Gasteiger partial charge is 0.406 e. The fourth-order valence-corrected chi connectivity index (χ4v) is 6.27. The summed E-state index contributed by atoms with van der Waals surface area (Å²) in [5.74, 6) is -1.02. The summed E-state index contributed by atoms with van der Waals surface area (Å²) in [6.45, 7) is 2.36. The summed E-state index contributed by atoms with van der Waals surface area (Å²) in [7, 11) is 0. The Bertz CT molecular complexity index is 1320. The number of aromatic nitrogens is 2. The van der Waals surface area contributed by atoms with Crippen LogP contribution in [0.2, 0.25) is 0 Å². The molecule has 0 radical (unpaired) electrons. The third kappa shape index (κ3) is 4.56. The van der Waals surface area contributed by atoms with Gasteiger partial charge in [-0.2, -0.15) is 0 Å². The Balaban J connectivity index is 1.20. The van der Waals surface area contributed by atoms with Crippen molar-refractivity contribution in [3.05, 3.63) is 58.7 Å². The average molecular weight is 518 g/mol. The summed E-state index contributed by atoms with van der Waals surface area (Å²) >= 11 is 0. The second-order valence-electron chi connectivity index (χ2n) is 10.4. The lowest BCUT2D eigenvalue weighted by atomic mass is 9.72. The van der Waals surface area contributed by atoms with E-state index in [0.717, 1.165) is 73.3 Å². The molecule has 196 valence electrons. The quantitative estimate of drug-likeness (QED) is 0.465. The van der Waals surface area contributed by atoms with Crippen molar-refractivity contribution < 1.29 is 31.8 Å². The van der Waals surface area contributed by atoms with Gasteiger partial charge in [-0.15, -0.1) is 13.2 Å². The fraction of sp³-hybridized carbons (Fsp3) is 0.481. The lowest BCUT2D eigenvalue weighted by Crippen LogP contribution is -2.38. The van der Waals surface area contributed by atoms with Gasteiger partial charge in [0.15, 0.2) is 0 Å². The summed E-state index contributed by atoms with van der Waals surface area (Å²) in [6, 6.07) is 4.92. The Morgan fingerprint density at radius 3 is 2.59 bits per heavy atom. The van der Waals surface area contributed by atoms with Crippen LogP contribution < -0.4 is 4.74 Å². The van der Waals surface area contributed by atoms with E-state index in [4.69, 9.17) is 4.74 Å². The Kier molecular flexibility index (Phi) is 5.89. The number of nitrogens with zero attached hydrogens (tertiary/aromatic N) is 2. The molecule has 6 nitrogen and oxygen atoms in total. The van der Waals surface area contributed by atoms with E-state index in [2.05, 4.69) is 14.7 Å². The molecule has 1 aromatic carbocycles. The van der Waals surface area contributed by atoms with Gasteiger partial charge in [0.05, 0.1) is 12.8 Å². The predicted molar refractivity (Wildman–Crippen MR) is 127 cm³/mol. The third-order valence-electron chi connectivity index (χ3n) is 8.17. The van der Waals surface area contributed by atoms with Gasteiger partial charge in [0.2, 0.25) is 0 Å². The maximum Gasteiger partial charge on any atom is 0.573 e. The standard InChI is InChI=1S/C27H27F4N3O3/c28-20-14-32-24-23(19-13-26(9-12-36-15-26)8-5-21(19)33-24)22(20)16-6-10-34(11-7-16)25(35)17-1-3-18(4-2-17)37-27(29,30)31/h1-4,14,16H,5-13,15H2,(H,32,33)/t26-/m1/s1. The number of pyridine rings is 1.